The van der Waals surface area contributed by atoms with Crippen molar-refractivity contribution < 1.29 is 28.6 Å². The average molecular weight is 966 g/mol. The summed E-state index contributed by atoms with van der Waals surface area (Å²) >= 11 is 0. The van der Waals surface area contributed by atoms with E-state index >= 15 is 0 Å². The molecule has 0 bridgehead atoms. The quantitative estimate of drug-likeness (QED) is 0.0199. The highest BCUT2D eigenvalue weighted by Gasteiger charge is 2.19. The van der Waals surface area contributed by atoms with Crippen LogP contribution in [0.3, 0.4) is 0 Å². The Kier molecular flexibility index (Phi) is 55.3. The van der Waals surface area contributed by atoms with Gasteiger partial charge in [-0.25, -0.2) is 0 Å². The molecule has 400 valence electrons. The second-order valence-corrected chi connectivity index (χ2v) is 19.9. The van der Waals surface area contributed by atoms with Gasteiger partial charge >= 0.3 is 17.9 Å². The van der Waals surface area contributed by atoms with Gasteiger partial charge in [-0.15, -0.1) is 0 Å². The summed E-state index contributed by atoms with van der Waals surface area (Å²) < 4.78 is 16.9. The van der Waals surface area contributed by atoms with Crippen molar-refractivity contribution in [3.8, 4) is 0 Å². The van der Waals surface area contributed by atoms with Crippen molar-refractivity contribution in [1.29, 1.82) is 0 Å². The fraction of sp³-hybridized carbons (Fsp3) is 0.794. The van der Waals surface area contributed by atoms with Crippen molar-refractivity contribution >= 4 is 17.9 Å². The van der Waals surface area contributed by atoms with Crippen LogP contribution in [0.25, 0.3) is 0 Å². The van der Waals surface area contributed by atoms with Gasteiger partial charge in [0.15, 0.2) is 6.10 Å². The van der Waals surface area contributed by atoms with Gasteiger partial charge in [0.1, 0.15) is 13.2 Å². The highest BCUT2D eigenvalue weighted by Crippen LogP contribution is 2.15. The van der Waals surface area contributed by atoms with Crippen molar-refractivity contribution in [2.75, 3.05) is 13.2 Å². The first-order valence-electron chi connectivity index (χ1n) is 29.8. The molecule has 0 radical (unpaired) electrons. The molecule has 0 aromatic rings. The molecule has 0 aliphatic heterocycles. The van der Waals surface area contributed by atoms with Gasteiger partial charge in [0.25, 0.3) is 0 Å². The van der Waals surface area contributed by atoms with Crippen LogP contribution in [0.2, 0.25) is 0 Å². The van der Waals surface area contributed by atoms with Crippen LogP contribution in [0.1, 0.15) is 303 Å². The van der Waals surface area contributed by atoms with Gasteiger partial charge in [-0.05, 0) is 103 Å². The summed E-state index contributed by atoms with van der Waals surface area (Å²) in [6, 6.07) is 0. The van der Waals surface area contributed by atoms with Gasteiger partial charge in [-0.2, -0.15) is 0 Å². The number of esters is 3. The maximum atomic E-state index is 12.9. The molecular formula is C63H112O6. The molecule has 0 N–H and O–H groups in total. The van der Waals surface area contributed by atoms with Gasteiger partial charge in [0.2, 0.25) is 0 Å². The number of hydrogen-bond acceptors (Lipinski definition) is 6. The maximum Gasteiger partial charge on any atom is 0.306 e. The Balaban J connectivity index is 4.43. The monoisotopic (exact) mass is 965 g/mol. The van der Waals surface area contributed by atoms with Gasteiger partial charge in [-0.3, -0.25) is 14.4 Å². The van der Waals surface area contributed by atoms with Crippen LogP contribution in [0.15, 0.2) is 60.8 Å². The molecule has 6 heteroatoms. The lowest BCUT2D eigenvalue weighted by atomic mass is 10.1. The SMILES string of the molecule is CCCCC/C=C\C/C=C\CCCCCCCCCC(=O)OC(COC(=O)CCCCC/C=C\C=C/CCCCCCCCC)COC(=O)CCCCCCC/C=C\CCCCCCCCCCC. The van der Waals surface area contributed by atoms with E-state index in [0.29, 0.717) is 19.3 Å². The van der Waals surface area contributed by atoms with Crippen molar-refractivity contribution in [1.82, 2.24) is 0 Å². The first-order chi connectivity index (χ1) is 34.0. The fourth-order valence-corrected chi connectivity index (χ4v) is 8.46. The Bertz CT molecular complexity index is 1250. The normalized spacial score (nSPS) is 12.4. The molecule has 69 heavy (non-hydrogen) atoms. The molecule has 0 spiro atoms. The number of rotatable bonds is 54. The minimum Gasteiger partial charge on any atom is -0.462 e. The highest BCUT2D eigenvalue weighted by atomic mass is 16.6. The summed E-state index contributed by atoms with van der Waals surface area (Å²) in [5.41, 5.74) is 0. The number of hydrogen-bond donors (Lipinski definition) is 0. The number of allylic oxidation sites excluding steroid dienone is 10. The fourth-order valence-electron chi connectivity index (χ4n) is 8.46. The summed E-state index contributed by atoms with van der Waals surface area (Å²) in [5.74, 6) is -0.920. The zero-order valence-corrected chi connectivity index (χ0v) is 45.8. The van der Waals surface area contributed by atoms with Crippen LogP contribution in [-0.4, -0.2) is 37.2 Å². The zero-order valence-electron chi connectivity index (χ0n) is 45.8. The maximum absolute atomic E-state index is 12.9. The smallest absolute Gasteiger partial charge is 0.306 e. The lowest BCUT2D eigenvalue weighted by Gasteiger charge is -2.18. The van der Waals surface area contributed by atoms with E-state index in [1.54, 1.807) is 0 Å². The van der Waals surface area contributed by atoms with E-state index in [1.165, 1.54) is 173 Å². The van der Waals surface area contributed by atoms with Crippen LogP contribution in [-0.2, 0) is 28.6 Å². The standard InChI is InChI=1S/C63H112O6/c1-4-7-10-13-16-19-22-25-28-31-33-35-38-41-44-47-50-53-56-62(65)68-59-60(58-67-61(64)55-52-49-46-43-40-37-34-30-27-24-21-18-15-12-9-6-3)69-63(66)57-54-51-48-45-42-39-36-32-29-26-23-20-17-14-11-8-5-2/h17,20,26,29-30,33-35,37,40,60H,4-16,18-19,21-25,27-28,31-32,36,38-39,41-59H2,1-3H3/b20-17-,29-26-,34-30-,35-33-,40-37-. The summed E-state index contributed by atoms with van der Waals surface area (Å²) in [4.78, 5) is 38.2. The first-order valence-corrected chi connectivity index (χ1v) is 29.8. The average Bonchev–Trinajstić information content (AvgIpc) is 3.35. The molecule has 0 fully saturated rings. The van der Waals surface area contributed by atoms with E-state index < -0.39 is 6.10 Å². The second-order valence-electron chi connectivity index (χ2n) is 19.9. The third kappa shape index (κ3) is 55.9. The predicted molar refractivity (Wildman–Crippen MR) is 298 cm³/mol. The number of carbonyl (C=O) groups excluding carboxylic acids is 3. The predicted octanol–water partition coefficient (Wildman–Crippen LogP) is 20.0. The Hall–Kier alpha value is -2.89. The van der Waals surface area contributed by atoms with E-state index in [9.17, 15) is 14.4 Å². The van der Waals surface area contributed by atoms with E-state index in [2.05, 4.69) is 81.5 Å². The Labute approximate surface area is 428 Å². The van der Waals surface area contributed by atoms with E-state index in [-0.39, 0.29) is 31.1 Å². The molecule has 0 amide bonds. The van der Waals surface area contributed by atoms with Gasteiger partial charge in [-0.1, -0.05) is 242 Å². The van der Waals surface area contributed by atoms with Gasteiger partial charge in [0.05, 0.1) is 0 Å². The summed E-state index contributed by atoms with van der Waals surface area (Å²) in [6.45, 7) is 6.60. The number of carbonyl (C=O) groups is 3. The third-order valence-electron chi connectivity index (χ3n) is 13.0. The number of ether oxygens (including phenoxy) is 3. The molecule has 0 saturated carbocycles. The van der Waals surface area contributed by atoms with Crippen molar-refractivity contribution in [3.05, 3.63) is 60.8 Å². The molecule has 0 aliphatic rings. The number of unbranched alkanes of at least 4 members (excludes halogenated alkanes) is 34. The van der Waals surface area contributed by atoms with Crippen LogP contribution in [0, 0.1) is 0 Å². The topological polar surface area (TPSA) is 78.9 Å². The minimum atomic E-state index is -0.793. The Morgan fingerprint density at radius 3 is 0.942 bits per heavy atom. The molecule has 0 aromatic heterocycles. The van der Waals surface area contributed by atoms with Gasteiger partial charge in [0, 0.05) is 19.3 Å². The second kappa shape index (κ2) is 57.7. The molecular weight excluding hydrogens is 853 g/mol. The molecule has 0 heterocycles. The van der Waals surface area contributed by atoms with Crippen molar-refractivity contribution in [3.63, 3.8) is 0 Å². The Morgan fingerprint density at radius 2 is 0.565 bits per heavy atom. The van der Waals surface area contributed by atoms with Crippen LogP contribution in [0.4, 0.5) is 0 Å². The first kappa shape index (κ1) is 66.1. The van der Waals surface area contributed by atoms with Crippen LogP contribution >= 0.6 is 0 Å². The molecule has 0 aliphatic carbocycles. The molecule has 6 nitrogen and oxygen atoms in total. The van der Waals surface area contributed by atoms with E-state index in [1.807, 2.05) is 0 Å². The summed E-state index contributed by atoms with van der Waals surface area (Å²) in [5, 5.41) is 0. The van der Waals surface area contributed by atoms with E-state index in [0.717, 1.165) is 89.9 Å². The van der Waals surface area contributed by atoms with Crippen molar-refractivity contribution in [2.24, 2.45) is 0 Å². The lowest BCUT2D eigenvalue weighted by Crippen LogP contribution is -2.30. The molecule has 0 saturated heterocycles. The van der Waals surface area contributed by atoms with Crippen molar-refractivity contribution in [2.45, 2.75) is 309 Å². The van der Waals surface area contributed by atoms with Gasteiger partial charge < -0.3 is 14.2 Å². The minimum absolute atomic E-state index is 0.0893. The van der Waals surface area contributed by atoms with Crippen LogP contribution in [0.5, 0.6) is 0 Å². The highest BCUT2D eigenvalue weighted by molar-refractivity contribution is 5.71. The molecule has 1 atom stereocenters. The zero-order chi connectivity index (χ0) is 50.0. The molecule has 0 aromatic carbocycles. The summed E-state index contributed by atoms with van der Waals surface area (Å²) in [6.07, 6.45) is 72.1. The molecule has 1 unspecified atom stereocenters. The summed E-state index contributed by atoms with van der Waals surface area (Å²) in [7, 11) is 0. The lowest BCUT2D eigenvalue weighted by molar-refractivity contribution is -0.167. The Morgan fingerprint density at radius 1 is 0.304 bits per heavy atom. The largest absolute Gasteiger partial charge is 0.462 e. The van der Waals surface area contributed by atoms with Crippen LogP contribution < -0.4 is 0 Å². The van der Waals surface area contributed by atoms with E-state index in [4.69, 9.17) is 14.2 Å². The third-order valence-corrected chi connectivity index (χ3v) is 13.0. The molecule has 0 rings (SSSR count).